The van der Waals surface area contributed by atoms with Crippen LogP contribution in [0.3, 0.4) is 0 Å². The maximum atomic E-state index is 13.2. The molecular formula is C23H19ClF4N8O3. The summed E-state index contributed by atoms with van der Waals surface area (Å²) in [7, 11) is 0. The Morgan fingerprint density at radius 2 is 1.92 bits per heavy atom. The Kier molecular flexibility index (Phi) is 6.94. The Hall–Kier alpha value is -4.11. The Morgan fingerprint density at radius 3 is 2.59 bits per heavy atom. The van der Waals surface area contributed by atoms with Gasteiger partial charge < -0.3 is 10.4 Å². The average molecular weight is 567 g/mol. The van der Waals surface area contributed by atoms with Crippen LogP contribution in [0.25, 0.3) is 17.1 Å². The highest BCUT2D eigenvalue weighted by molar-refractivity contribution is 6.30. The number of benzene rings is 1. The average Bonchev–Trinajstić information content (AvgIpc) is 3.26. The van der Waals surface area contributed by atoms with Crippen LogP contribution in [0.2, 0.25) is 5.02 Å². The zero-order valence-corrected chi connectivity index (χ0v) is 20.5. The topological polar surface area (TPSA) is 133 Å². The van der Waals surface area contributed by atoms with Crippen molar-refractivity contribution in [2.45, 2.75) is 44.0 Å². The second-order valence-corrected chi connectivity index (χ2v) is 9.21. The molecule has 1 amide bonds. The fourth-order valence-corrected chi connectivity index (χ4v) is 3.86. The molecule has 1 aromatic carbocycles. The lowest BCUT2D eigenvalue weighted by Crippen LogP contribution is -2.37. The van der Waals surface area contributed by atoms with Gasteiger partial charge in [0.25, 0.3) is 5.91 Å². The Labute approximate surface area is 221 Å². The molecule has 3 heterocycles. The Morgan fingerprint density at radius 1 is 1.21 bits per heavy atom. The Balaban J connectivity index is 1.44. The van der Waals surface area contributed by atoms with Gasteiger partial charge in [-0.15, -0.1) is 10.2 Å². The summed E-state index contributed by atoms with van der Waals surface area (Å²) in [5.74, 6) is -0.612. The molecule has 0 radical (unpaired) electrons. The monoisotopic (exact) mass is 566 g/mol. The molecule has 4 aromatic rings. The molecule has 3 atom stereocenters. The van der Waals surface area contributed by atoms with E-state index in [0.717, 1.165) is 4.68 Å². The predicted octanol–water partition coefficient (Wildman–Crippen LogP) is 2.15. The standard InChI is InChI=1S/C23H19ClF4N8O3/c24-13-3-1-12(2-4-13)20-33-35(22(39)34(20)9-18(37)23(26,27)28)10-19-30-11-36(32-19)17-8-29-6-5-14(17)21(38)31-16-7-15(16)25/h1-6,8,11,15-16,18,37H,7,9-10H2,(H,31,38)/t15-,16+,18+/m1/s1. The van der Waals surface area contributed by atoms with Crippen molar-refractivity contribution in [3.8, 4) is 17.1 Å². The van der Waals surface area contributed by atoms with Crippen LogP contribution < -0.4 is 11.0 Å². The normalized spacial score (nSPS) is 17.7. The molecular weight excluding hydrogens is 548 g/mol. The van der Waals surface area contributed by atoms with Gasteiger partial charge in [-0.25, -0.2) is 23.5 Å². The quantitative estimate of drug-likeness (QED) is 0.312. The van der Waals surface area contributed by atoms with E-state index in [2.05, 4.69) is 25.5 Å². The molecule has 0 aliphatic heterocycles. The number of aromatic nitrogens is 7. The zero-order chi connectivity index (χ0) is 27.9. The van der Waals surface area contributed by atoms with Crippen molar-refractivity contribution < 1.29 is 27.5 Å². The number of halogens is 5. The summed E-state index contributed by atoms with van der Waals surface area (Å²) in [6.07, 6.45) is -4.63. The van der Waals surface area contributed by atoms with Gasteiger partial charge in [0.1, 0.15) is 19.0 Å². The first kappa shape index (κ1) is 26.5. The summed E-state index contributed by atoms with van der Waals surface area (Å²) in [6, 6.07) is 6.77. The van der Waals surface area contributed by atoms with E-state index in [1.807, 2.05) is 0 Å². The first-order chi connectivity index (χ1) is 18.5. The number of aliphatic hydroxyl groups excluding tert-OH is 1. The van der Waals surface area contributed by atoms with Crippen molar-refractivity contribution in [3.63, 3.8) is 0 Å². The van der Waals surface area contributed by atoms with E-state index in [0.29, 0.717) is 15.2 Å². The molecule has 1 saturated carbocycles. The molecule has 0 saturated heterocycles. The van der Waals surface area contributed by atoms with E-state index in [4.69, 9.17) is 11.6 Å². The van der Waals surface area contributed by atoms with Gasteiger partial charge in [0, 0.05) is 23.2 Å². The number of carbonyl (C=O) groups is 1. The first-order valence-corrected chi connectivity index (χ1v) is 11.9. The number of hydrogen-bond acceptors (Lipinski definition) is 7. The van der Waals surface area contributed by atoms with Crippen molar-refractivity contribution in [2.75, 3.05) is 0 Å². The second kappa shape index (κ2) is 10.2. The van der Waals surface area contributed by atoms with Crippen molar-refractivity contribution in [1.29, 1.82) is 0 Å². The summed E-state index contributed by atoms with van der Waals surface area (Å²) in [6.45, 7) is -1.42. The van der Waals surface area contributed by atoms with E-state index in [-0.39, 0.29) is 35.9 Å². The van der Waals surface area contributed by atoms with Crippen LogP contribution in [-0.4, -0.2) is 69.6 Å². The molecule has 16 heteroatoms. The summed E-state index contributed by atoms with van der Waals surface area (Å²) >= 11 is 5.90. The fourth-order valence-electron chi connectivity index (χ4n) is 3.74. The summed E-state index contributed by atoms with van der Waals surface area (Å²) in [4.78, 5) is 33.8. The number of nitrogens with zero attached hydrogens (tertiary/aromatic N) is 7. The molecule has 1 fully saturated rings. The van der Waals surface area contributed by atoms with Crippen LogP contribution in [0.15, 0.2) is 53.8 Å². The van der Waals surface area contributed by atoms with Crippen LogP contribution in [0.4, 0.5) is 17.6 Å². The van der Waals surface area contributed by atoms with Gasteiger partial charge in [0.15, 0.2) is 17.8 Å². The molecule has 11 nitrogen and oxygen atoms in total. The lowest BCUT2D eigenvalue weighted by molar-refractivity contribution is -0.207. The van der Waals surface area contributed by atoms with E-state index >= 15 is 0 Å². The minimum absolute atomic E-state index is 0.0435. The third kappa shape index (κ3) is 5.68. The summed E-state index contributed by atoms with van der Waals surface area (Å²) in [5.41, 5.74) is -0.252. The third-order valence-electron chi connectivity index (χ3n) is 5.91. The molecule has 2 N–H and O–H groups in total. The molecule has 5 rings (SSSR count). The van der Waals surface area contributed by atoms with E-state index in [1.165, 1.54) is 53.7 Å². The number of carbonyl (C=O) groups excluding carboxylic acids is 1. The fraction of sp³-hybridized carbons (Fsp3) is 0.304. The maximum Gasteiger partial charge on any atom is 0.416 e. The molecule has 0 unspecified atom stereocenters. The number of rotatable bonds is 8. The van der Waals surface area contributed by atoms with Gasteiger partial charge in [-0.2, -0.15) is 13.2 Å². The first-order valence-electron chi connectivity index (χ1n) is 11.5. The molecule has 1 aliphatic carbocycles. The van der Waals surface area contributed by atoms with Gasteiger partial charge in [-0.05, 0) is 30.3 Å². The number of aliphatic hydroxyl groups is 1. The number of pyridine rings is 1. The maximum absolute atomic E-state index is 13.2. The summed E-state index contributed by atoms with van der Waals surface area (Å²) < 4.78 is 55.2. The lowest BCUT2D eigenvalue weighted by atomic mass is 10.2. The van der Waals surface area contributed by atoms with Crippen LogP contribution in [0.5, 0.6) is 0 Å². The molecule has 3 aromatic heterocycles. The van der Waals surface area contributed by atoms with Gasteiger partial charge in [0.05, 0.1) is 30.0 Å². The predicted molar refractivity (Wildman–Crippen MR) is 128 cm³/mol. The van der Waals surface area contributed by atoms with Crippen molar-refractivity contribution in [3.05, 3.63) is 75.9 Å². The van der Waals surface area contributed by atoms with Crippen LogP contribution in [-0.2, 0) is 13.1 Å². The SMILES string of the molecule is O=C(N[C@H]1C[C@H]1F)c1ccncc1-n1cnc(Cn2nc(-c3ccc(Cl)cc3)n(C[C@H](O)C(F)(F)F)c2=O)n1. The highest BCUT2D eigenvalue weighted by atomic mass is 35.5. The third-order valence-corrected chi connectivity index (χ3v) is 6.16. The Bertz CT molecular complexity index is 1570. The number of hydrogen-bond donors (Lipinski definition) is 2. The number of alkyl halides is 4. The minimum atomic E-state index is -4.96. The highest BCUT2D eigenvalue weighted by Crippen LogP contribution is 2.26. The largest absolute Gasteiger partial charge is 0.416 e. The second-order valence-electron chi connectivity index (χ2n) is 8.77. The number of amides is 1. The smallest absolute Gasteiger partial charge is 0.382 e. The van der Waals surface area contributed by atoms with E-state index in [1.54, 1.807) is 0 Å². The van der Waals surface area contributed by atoms with Crippen molar-refractivity contribution in [1.82, 2.24) is 39.4 Å². The molecule has 1 aliphatic rings. The van der Waals surface area contributed by atoms with Crippen LogP contribution >= 0.6 is 11.6 Å². The van der Waals surface area contributed by atoms with Crippen LogP contribution in [0, 0.1) is 0 Å². The highest BCUT2D eigenvalue weighted by Gasteiger charge is 2.40. The van der Waals surface area contributed by atoms with E-state index in [9.17, 15) is 32.3 Å². The zero-order valence-electron chi connectivity index (χ0n) is 19.8. The number of nitrogens with one attached hydrogen (secondary N) is 1. The van der Waals surface area contributed by atoms with E-state index < -0.39 is 42.6 Å². The lowest BCUT2D eigenvalue weighted by Gasteiger charge is -2.15. The molecule has 0 spiro atoms. The van der Waals surface area contributed by atoms with Gasteiger partial charge in [-0.3, -0.25) is 14.3 Å². The van der Waals surface area contributed by atoms with Gasteiger partial charge in [0.2, 0.25) is 0 Å². The molecule has 204 valence electrons. The van der Waals surface area contributed by atoms with Crippen molar-refractivity contribution >= 4 is 17.5 Å². The van der Waals surface area contributed by atoms with Gasteiger partial charge >= 0.3 is 11.9 Å². The van der Waals surface area contributed by atoms with Crippen molar-refractivity contribution in [2.24, 2.45) is 0 Å². The summed E-state index contributed by atoms with van der Waals surface area (Å²) in [5, 5.41) is 21.0. The minimum Gasteiger partial charge on any atom is -0.382 e. The molecule has 0 bridgehead atoms. The van der Waals surface area contributed by atoms with Crippen LogP contribution in [0.1, 0.15) is 22.6 Å². The molecule has 39 heavy (non-hydrogen) atoms. The van der Waals surface area contributed by atoms with Gasteiger partial charge in [-0.1, -0.05) is 11.6 Å².